The molecule has 0 unspecified atom stereocenters. The summed E-state index contributed by atoms with van der Waals surface area (Å²) in [6, 6.07) is 9.07. The van der Waals surface area contributed by atoms with Gasteiger partial charge < -0.3 is 10.0 Å². The molecule has 130 valence electrons. The molecule has 0 saturated heterocycles. The number of carbonyl (C=O) groups is 2. The van der Waals surface area contributed by atoms with Gasteiger partial charge >= 0.3 is 0 Å². The summed E-state index contributed by atoms with van der Waals surface area (Å²) in [7, 11) is 1.61. The Morgan fingerprint density at radius 3 is 2.44 bits per heavy atom. The lowest BCUT2D eigenvalue weighted by molar-refractivity contribution is -0.135. The van der Waals surface area contributed by atoms with Crippen LogP contribution < -0.4 is 4.90 Å². The van der Waals surface area contributed by atoms with E-state index in [0.717, 1.165) is 21.2 Å². The lowest BCUT2D eigenvalue weighted by Gasteiger charge is -2.22. The number of likely N-dealkylation sites (N-methyl/N-ethyl adjacent to an activating group) is 1. The molecule has 2 aromatic rings. The first-order valence-corrected chi connectivity index (χ1v) is 8.86. The topological polar surface area (TPSA) is 57.6 Å². The molecule has 0 bridgehead atoms. The van der Waals surface area contributed by atoms with E-state index in [1.807, 2.05) is 39.0 Å². The van der Waals surface area contributed by atoms with Crippen LogP contribution in [0, 0.1) is 20.8 Å². The zero-order valence-corrected chi connectivity index (χ0v) is 16.3. The van der Waals surface area contributed by atoms with Gasteiger partial charge in [-0.05, 0) is 61.7 Å². The van der Waals surface area contributed by atoms with Crippen LogP contribution in [0.2, 0.25) is 0 Å². The van der Waals surface area contributed by atoms with Crippen molar-refractivity contribution in [3.05, 3.63) is 62.6 Å². The number of nitrogens with zero attached hydrogens (tertiary/aromatic N) is 1. The zero-order chi connectivity index (χ0) is 18.5. The van der Waals surface area contributed by atoms with Crippen LogP contribution in [0.15, 0.2) is 34.8 Å². The maximum atomic E-state index is 12.9. The molecule has 1 amide bonds. The molecule has 0 fully saturated rings. The highest BCUT2D eigenvalue weighted by molar-refractivity contribution is 9.10. The van der Waals surface area contributed by atoms with E-state index in [1.54, 1.807) is 19.2 Å². The van der Waals surface area contributed by atoms with E-state index < -0.39 is 11.5 Å². The number of hydrogen-bond donors (Lipinski definition) is 1. The lowest BCUT2D eigenvalue weighted by atomic mass is 9.86. The fourth-order valence-corrected chi connectivity index (χ4v) is 3.75. The van der Waals surface area contributed by atoms with Crippen LogP contribution >= 0.6 is 15.9 Å². The standard InChI is InChI=1S/C20H20BrNO3/c1-11-7-13(3)15(8-12(11)2)18(23)10-20(25)16-9-14(21)5-6-17(16)22(4)19(20)24/h5-9,25H,10H2,1-4H3/t20-/m1/s1. The number of anilines is 1. The molecule has 1 aliphatic rings. The van der Waals surface area contributed by atoms with E-state index >= 15 is 0 Å². The molecule has 1 aliphatic heterocycles. The van der Waals surface area contributed by atoms with Gasteiger partial charge in [0.25, 0.3) is 5.91 Å². The van der Waals surface area contributed by atoms with Crippen molar-refractivity contribution in [1.29, 1.82) is 0 Å². The minimum absolute atomic E-state index is 0.238. The van der Waals surface area contributed by atoms with Crippen molar-refractivity contribution in [2.24, 2.45) is 0 Å². The van der Waals surface area contributed by atoms with Crippen molar-refractivity contribution < 1.29 is 14.7 Å². The van der Waals surface area contributed by atoms with Gasteiger partial charge in [-0.15, -0.1) is 0 Å². The maximum absolute atomic E-state index is 12.9. The van der Waals surface area contributed by atoms with Crippen molar-refractivity contribution in [1.82, 2.24) is 0 Å². The number of benzene rings is 2. The van der Waals surface area contributed by atoms with Crippen LogP contribution in [0.25, 0.3) is 0 Å². The number of rotatable bonds is 3. The summed E-state index contributed by atoms with van der Waals surface area (Å²) in [6.45, 7) is 5.81. The average molecular weight is 402 g/mol. The molecule has 1 N–H and O–H groups in total. The molecule has 0 radical (unpaired) electrons. The second kappa shape index (κ2) is 6.07. The fraction of sp³-hybridized carbons (Fsp3) is 0.300. The molecule has 5 heteroatoms. The number of aliphatic hydroxyl groups is 1. The van der Waals surface area contributed by atoms with Crippen molar-refractivity contribution in [2.75, 3.05) is 11.9 Å². The van der Waals surface area contributed by atoms with E-state index in [4.69, 9.17) is 0 Å². The molecule has 1 atom stereocenters. The summed E-state index contributed by atoms with van der Waals surface area (Å²) in [6.07, 6.45) is -0.275. The summed E-state index contributed by atoms with van der Waals surface area (Å²) in [5.41, 5.74) is 2.78. The number of carbonyl (C=O) groups excluding carboxylic acids is 2. The van der Waals surface area contributed by atoms with E-state index in [0.29, 0.717) is 16.8 Å². The predicted octanol–water partition coefficient (Wildman–Crippen LogP) is 3.81. The van der Waals surface area contributed by atoms with Gasteiger partial charge in [-0.3, -0.25) is 9.59 Å². The molecular weight excluding hydrogens is 382 g/mol. The maximum Gasteiger partial charge on any atom is 0.263 e. The van der Waals surface area contributed by atoms with Crippen LogP contribution in [0.1, 0.15) is 39.0 Å². The molecule has 0 spiro atoms. The summed E-state index contributed by atoms with van der Waals surface area (Å²) in [5, 5.41) is 11.1. The van der Waals surface area contributed by atoms with E-state index in [9.17, 15) is 14.7 Å². The molecule has 0 aromatic heterocycles. The normalized spacial score (nSPS) is 19.3. The van der Waals surface area contributed by atoms with Crippen LogP contribution in [-0.2, 0) is 10.4 Å². The first-order valence-electron chi connectivity index (χ1n) is 8.07. The SMILES string of the molecule is Cc1cc(C)c(C(=O)C[C@]2(O)C(=O)N(C)c3ccc(Br)cc32)cc1C. The second-order valence-corrected chi connectivity index (χ2v) is 7.65. The zero-order valence-electron chi connectivity index (χ0n) is 14.7. The third-order valence-electron chi connectivity index (χ3n) is 4.98. The minimum atomic E-state index is -1.84. The molecule has 2 aromatic carbocycles. The second-order valence-electron chi connectivity index (χ2n) is 6.74. The summed E-state index contributed by atoms with van der Waals surface area (Å²) >= 11 is 3.37. The Hall–Kier alpha value is -1.98. The number of ketones is 1. The van der Waals surface area contributed by atoms with E-state index in [1.165, 1.54) is 4.90 Å². The molecule has 4 nitrogen and oxygen atoms in total. The molecule has 3 rings (SSSR count). The predicted molar refractivity (Wildman–Crippen MR) is 101 cm³/mol. The van der Waals surface area contributed by atoms with Gasteiger partial charge in [0, 0.05) is 22.6 Å². The van der Waals surface area contributed by atoms with Crippen LogP contribution in [-0.4, -0.2) is 23.8 Å². The summed E-state index contributed by atoms with van der Waals surface area (Å²) in [5.74, 6) is -0.715. The highest BCUT2D eigenvalue weighted by Crippen LogP contribution is 2.43. The van der Waals surface area contributed by atoms with E-state index in [-0.39, 0.29) is 12.2 Å². The number of amides is 1. The van der Waals surface area contributed by atoms with Crippen molar-refractivity contribution in [3.63, 3.8) is 0 Å². The number of fused-ring (bicyclic) bond motifs is 1. The third kappa shape index (κ3) is 2.81. The highest BCUT2D eigenvalue weighted by Gasteiger charge is 2.49. The van der Waals surface area contributed by atoms with Crippen molar-refractivity contribution >= 4 is 33.3 Å². The number of aryl methyl sites for hydroxylation is 3. The van der Waals surface area contributed by atoms with Gasteiger partial charge in [0.05, 0.1) is 12.1 Å². The van der Waals surface area contributed by atoms with Crippen LogP contribution in [0.4, 0.5) is 5.69 Å². The number of hydrogen-bond acceptors (Lipinski definition) is 3. The first kappa shape index (κ1) is 17.8. The first-order chi connectivity index (χ1) is 11.6. The van der Waals surface area contributed by atoms with Crippen LogP contribution in [0.3, 0.4) is 0 Å². The molecule has 0 aliphatic carbocycles. The number of halogens is 1. The van der Waals surface area contributed by atoms with Crippen molar-refractivity contribution in [3.8, 4) is 0 Å². The Balaban J connectivity index is 2.03. The highest BCUT2D eigenvalue weighted by atomic mass is 79.9. The third-order valence-corrected chi connectivity index (χ3v) is 5.47. The average Bonchev–Trinajstić information content (AvgIpc) is 2.72. The molecular formula is C20H20BrNO3. The molecule has 0 saturated carbocycles. The van der Waals surface area contributed by atoms with Crippen LogP contribution in [0.5, 0.6) is 0 Å². The van der Waals surface area contributed by atoms with Crippen molar-refractivity contribution in [2.45, 2.75) is 32.8 Å². The summed E-state index contributed by atoms with van der Waals surface area (Å²) in [4.78, 5) is 27.0. The Kier molecular flexibility index (Phi) is 4.33. The Morgan fingerprint density at radius 2 is 1.76 bits per heavy atom. The van der Waals surface area contributed by atoms with Gasteiger partial charge in [-0.2, -0.15) is 0 Å². The van der Waals surface area contributed by atoms with Gasteiger partial charge in [-0.25, -0.2) is 0 Å². The van der Waals surface area contributed by atoms with Gasteiger partial charge in [0.15, 0.2) is 11.4 Å². The number of Topliss-reactive ketones (excluding diaryl/α,β-unsaturated/α-hetero) is 1. The Labute approximate surface area is 155 Å². The summed E-state index contributed by atoms with van der Waals surface area (Å²) < 4.78 is 0.752. The largest absolute Gasteiger partial charge is 0.375 e. The quantitative estimate of drug-likeness (QED) is 0.795. The fourth-order valence-electron chi connectivity index (χ4n) is 3.39. The van der Waals surface area contributed by atoms with E-state index in [2.05, 4.69) is 15.9 Å². The monoisotopic (exact) mass is 401 g/mol. The lowest BCUT2D eigenvalue weighted by Crippen LogP contribution is -2.40. The Bertz CT molecular complexity index is 906. The van der Waals surface area contributed by atoms with Gasteiger partial charge in [-0.1, -0.05) is 22.0 Å². The molecule has 25 heavy (non-hydrogen) atoms. The van der Waals surface area contributed by atoms with Gasteiger partial charge in [0.2, 0.25) is 0 Å². The smallest absolute Gasteiger partial charge is 0.263 e. The minimum Gasteiger partial charge on any atom is -0.375 e. The Morgan fingerprint density at radius 1 is 1.12 bits per heavy atom. The molecule has 1 heterocycles. The van der Waals surface area contributed by atoms with Gasteiger partial charge in [0.1, 0.15) is 0 Å².